The summed E-state index contributed by atoms with van der Waals surface area (Å²) in [6.07, 6.45) is 1.89. The maximum Gasteiger partial charge on any atom is 0.255 e. The predicted molar refractivity (Wildman–Crippen MR) is 138 cm³/mol. The molecule has 2 bridgehead atoms. The minimum atomic E-state index is -0.736. The van der Waals surface area contributed by atoms with Gasteiger partial charge in [-0.3, -0.25) is 9.59 Å². The number of nitrogens with one attached hydrogen (secondary N) is 2. The Morgan fingerprint density at radius 1 is 1.17 bits per heavy atom. The molecule has 2 amide bonds. The summed E-state index contributed by atoms with van der Waals surface area (Å²) >= 11 is 0. The second kappa shape index (κ2) is 11.6. The fourth-order valence-corrected chi connectivity index (χ4v) is 5.41. The second-order valence-corrected chi connectivity index (χ2v) is 9.52. The molecule has 194 valence electrons. The molecule has 3 unspecified atom stereocenters. The SMILES string of the molecule is CCOc1cc(C(=O)N2C3CCC2COC3)ccc1C(=O)NCC(O)[C@H]1Cc2ccccc2CN1.Cl. The van der Waals surface area contributed by atoms with E-state index in [4.69, 9.17) is 9.47 Å². The zero-order valence-corrected chi connectivity index (χ0v) is 21.3. The highest BCUT2D eigenvalue weighted by molar-refractivity contribution is 6.00. The summed E-state index contributed by atoms with van der Waals surface area (Å²) in [6.45, 7) is 4.17. The lowest BCUT2D eigenvalue weighted by molar-refractivity contribution is -0.00717. The number of carbonyl (C=O) groups excluding carboxylic acids is 2. The molecule has 3 heterocycles. The van der Waals surface area contributed by atoms with Crippen molar-refractivity contribution in [2.45, 2.75) is 57.0 Å². The van der Waals surface area contributed by atoms with Gasteiger partial charge in [0.2, 0.25) is 0 Å². The summed E-state index contributed by atoms with van der Waals surface area (Å²) in [7, 11) is 0. The van der Waals surface area contributed by atoms with E-state index < -0.39 is 6.10 Å². The zero-order valence-electron chi connectivity index (χ0n) is 20.4. The normalized spacial score (nSPS) is 23.3. The van der Waals surface area contributed by atoms with Crippen molar-refractivity contribution < 1.29 is 24.2 Å². The summed E-state index contributed by atoms with van der Waals surface area (Å²) in [5.41, 5.74) is 3.31. The summed E-state index contributed by atoms with van der Waals surface area (Å²) < 4.78 is 11.3. The first-order valence-electron chi connectivity index (χ1n) is 12.5. The van der Waals surface area contributed by atoms with E-state index in [9.17, 15) is 14.7 Å². The van der Waals surface area contributed by atoms with Crippen molar-refractivity contribution >= 4 is 24.2 Å². The standard InChI is InChI=1S/C27H33N3O5.ClH/c1-2-35-25-12-18(27(33)30-20-8-9-21(30)16-34-15-20)7-10-22(25)26(32)29-14-24(31)23-11-17-5-3-4-6-19(17)13-28-23;/h3-7,10,12,20-21,23-24,28,31H,2,8-9,11,13-16H2,1H3,(H,29,32);1H/t20?,21?,23-,24?;/m1./s1. The number of amides is 2. The van der Waals surface area contributed by atoms with Crippen molar-refractivity contribution in [3.63, 3.8) is 0 Å². The van der Waals surface area contributed by atoms with Gasteiger partial charge in [0.1, 0.15) is 5.75 Å². The smallest absolute Gasteiger partial charge is 0.255 e. The topological polar surface area (TPSA) is 100 Å². The summed E-state index contributed by atoms with van der Waals surface area (Å²) in [5.74, 6) is -0.0161. The maximum absolute atomic E-state index is 13.3. The first kappa shape index (κ1) is 26.4. The van der Waals surface area contributed by atoms with Crippen molar-refractivity contribution in [3.8, 4) is 5.75 Å². The minimum absolute atomic E-state index is 0. The Kier molecular flexibility index (Phi) is 8.51. The molecular weight excluding hydrogens is 482 g/mol. The molecule has 3 aliphatic heterocycles. The Bertz CT molecular complexity index is 1080. The average Bonchev–Trinajstić information content (AvgIpc) is 3.14. The predicted octanol–water partition coefficient (Wildman–Crippen LogP) is 2.32. The number of ether oxygens (including phenoxy) is 2. The van der Waals surface area contributed by atoms with Crippen LogP contribution in [0.15, 0.2) is 42.5 Å². The molecule has 0 spiro atoms. The third kappa shape index (κ3) is 5.37. The Hall–Kier alpha value is -2.65. The number of rotatable bonds is 7. The van der Waals surface area contributed by atoms with Gasteiger partial charge in [0.25, 0.3) is 11.8 Å². The van der Waals surface area contributed by atoms with Crippen LogP contribution in [-0.4, -0.2) is 72.4 Å². The van der Waals surface area contributed by atoms with E-state index in [0.717, 1.165) is 12.8 Å². The molecule has 2 saturated heterocycles. The van der Waals surface area contributed by atoms with E-state index in [2.05, 4.69) is 22.8 Å². The van der Waals surface area contributed by atoms with Gasteiger partial charge in [0.05, 0.1) is 43.6 Å². The van der Waals surface area contributed by atoms with E-state index in [1.165, 1.54) is 11.1 Å². The average molecular weight is 516 g/mol. The molecule has 2 fully saturated rings. The number of morpholine rings is 1. The van der Waals surface area contributed by atoms with Gasteiger partial charge >= 0.3 is 0 Å². The van der Waals surface area contributed by atoms with E-state index in [-0.39, 0.29) is 48.9 Å². The largest absolute Gasteiger partial charge is 0.493 e. The minimum Gasteiger partial charge on any atom is -0.493 e. The third-order valence-electron chi connectivity index (χ3n) is 7.30. The Morgan fingerprint density at radius 2 is 1.89 bits per heavy atom. The first-order valence-corrected chi connectivity index (χ1v) is 12.5. The van der Waals surface area contributed by atoms with Crippen LogP contribution in [-0.2, 0) is 17.7 Å². The highest BCUT2D eigenvalue weighted by atomic mass is 35.5. The maximum atomic E-state index is 13.3. The Labute approximate surface area is 217 Å². The quantitative estimate of drug-likeness (QED) is 0.523. The summed E-state index contributed by atoms with van der Waals surface area (Å²) in [4.78, 5) is 28.2. The van der Waals surface area contributed by atoms with Crippen molar-refractivity contribution in [1.29, 1.82) is 0 Å². The lowest BCUT2D eigenvalue weighted by atomic mass is 9.93. The van der Waals surface area contributed by atoms with Crippen LogP contribution in [0.4, 0.5) is 0 Å². The zero-order chi connectivity index (χ0) is 24.4. The van der Waals surface area contributed by atoms with Crippen LogP contribution in [0.1, 0.15) is 51.6 Å². The monoisotopic (exact) mass is 515 g/mol. The fraction of sp³-hybridized carbons (Fsp3) is 0.481. The summed E-state index contributed by atoms with van der Waals surface area (Å²) in [5, 5.41) is 16.9. The van der Waals surface area contributed by atoms with Gasteiger partial charge in [-0.1, -0.05) is 24.3 Å². The lowest BCUT2D eigenvalue weighted by Gasteiger charge is -2.34. The number of carbonyl (C=O) groups is 2. The van der Waals surface area contributed by atoms with Crippen LogP contribution in [0, 0.1) is 0 Å². The second-order valence-electron chi connectivity index (χ2n) is 9.52. The van der Waals surface area contributed by atoms with E-state index in [1.54, 1.807) is 18.2 Å². The number of nitrogens with zero attached hydrogens (tertiary/aromatic N) is 1. The number of aliphatic hydroxyl groups excluding tert-OH is 1. The molecule has 9 heteroatoms. The molecule has 3 aliphatic rings. The molecule has 0 aromatic heterocycles. The molecule has 36 heavy (non-hydrogen) atoms. The molecule has 4 atom stereocenters. The van der Waals surface area contributed by atoms with Gasteiger partial charge in [-0.15, -0.1) is 12.4 Å². The van der Waals surface area contributed by atoms with Gasteiger partial charge in [0, 0.05) is 24.7 Å². The molecule has 0 aliphatic carbocycles. The van der Waals surface area contributed by atoms with Crippen LogP contribution in [0.5, 0.6) is 5.75 Å². The number of hydrogen-bond acceptors (Lipinski definition) is 6. The van der Waals surface area contributed by atoms with Gasteiger partial charge in [-0.25, -0.2) is 0 Å². The van der Waals surface area contributed by atoms with Crippen molar-refractivity contribution in [3.05, 3.63) is 64.7 Å². The highest BCUT2D eigenvalue weighted by Gasteiger charge is 2.40. The molecule has 8 nitrogen and oxygen atoms in total. The van der Waals surface area contributed by atoms with E-state index in [0.29, 0.717) is 49.7 Å². The van der Waals surface area contributed by atoms with Crippen molar-refractivity contribution in [2.75, 3.05) is 26.4 Å². The van der Waals surface area contributed by atoms with Crippen molar-refractivity contribution in [2.24, 2.45) is 0 Å². The molecule has 0 saturated carbocycles. The third-order valence-corrected chi connectivity index (χ3v) is 7.30. The highest BCUT2D eigenvalue weighted by Crippen LogP contribution is 2.31. The van der Waals surface area contributed by atoms with Crippen LogP contribution >= 0.6 is 12.4 Å². The number of benzene rings is 2. The Morgan fingerprint density at radius 3 is 2.61 bits per heavy atom. The molecule has 2 aromatic rings. The summed E-state index contributed by atoms with van der Waals surface area (Å²) in [6, 6.07) is 13.2. The number of aliphatic hydroxyl groups is 1. The molecular formula is C27H34ClN3O5. The van der Waals surface area contributed by atoms with Gasteiger partial charge in [-0.2, -0.15) is 0 Å². The molecule has 3 N–H and O–H groups in total. The first-order chi connectivity index (χ1) is 17.0. The van der Waals surface area contributed by atoms with E-state index in [1.807, 2.05) is 24.0 Å². The van der Waals surface area contributed by atoms with Crippen LogP contribution < -0.4 is 15.4 Å². The molecule has 2 aromatic carbocycles. The van der Waals surface area contributed by atoms with Gasteiger partial charge in [0.15, 0.2) is 0 Å². The lowest BCUT2D eigenvalue weighted by Crippen LogP contribution is -2.49. The fourth-order valence-electron chi connectivity index (χ4n) is 5.41. The van der Waals surface area contributed by atoms with E-state index >= 15 is 0 Å². The van der Waals surface area contributed by atoms with Crippen molar-refractivity contribution in [1.82, 2.24) is 15.5 Å². The van der Waals surface area contributed by atoms with Crippen LogP contribution in [0.2, 0.25) is 0 Å². The number of fused-ring (bicyclic) bond motifs is 3. The molecule has 0 radical (unpaired) electrons. The van der Waals surface area contributed by atoms with Crippen LogP contribution in [0.3, 0.4) is 0 Å². The van der Waals surface area contributed by atoms with Crippen LogP contribution in [0.25, 0.3) is 0 Å². The number of hydrogen-bond donors (Lipinski definition) is 3. The van der Waals surface area contributed by atoms with Gasteiger partial charge in [-0.05, 0) is 55.5 Å². The molecule has 5 rings (SSSR count). The Balaban J connectivity index is 0.00000304. The number of halogens is 1. The van der Waals surface area contributed by atoms with Gasteiger partial charge < -0.3 is 30.1 Å².